The van der Waals surface area contributed by atoms with Crippen LogP contribution in [0.4, 0.5) is 5.69 Å². The van der Waals surface area contributed by atoms with Gasteiger partial charge in [0.25, 0.3) is 0 Å². The molecule has 1 saturated carbocycles. The quantitative estimate of drug-likeness (QED) is 0.748. The zero-order chi connectivity index (χ0) is 13.0. The number of ether oxygens (including phenoxy) is 1. The standard InChI is InChI=1S/C13H16ClNO3/c14-12-7-10(3-4-11(12)13(16)17)15-5-6-18-8-9-1-2-9/h3-4,7,9,15H,1-2,5-6,8H2,(H,16,17). The summed E-state index contributed by atoms with van der Waals surface area (Å²) in [4.78, 5) is 10.8. The molecular formula is C13H16ClNO3. The first-order valence-corrected chi connectivity index (χ1v) is 6.39. The molecule has 0 unspecified atom stereocenters. The second-order valence-corrected chi connectivity index (χ2v) is 4.85. The minimum absolute atomic E-state index is 0.118. The van der Waals surface area contributed by atoms with Gasteiger partial charge >= 0.3 is 5.97 Å². The van der Waals surface area contributed by atoms with Gasteiger partial charge in [0.1, 0.15) is 0 Å². The summed E-state index contributed by atoms with van der Waals surface area (Å²) in [7, 11) is 0. The average molecular weight is 270 g/mol. The maximum atomic E-state index is 10.8. The van der Waals surface area contributed by atoms with E-state index in [1.54, 1.807) is 12.1 Å². The minimum atomic E-state index is -1.01. The van der Waals surface area contributed by atoms with E-state index < -0.39 is 5.97 Å². The van der Waals surface area contributed by atoms with Crippen molar-refractivity contribution in [1.82, 2.24) is 0 Å². The SMILES string of the molecule is O=C(O)c1ccc(NCCOCC2CC2)cc1Cl. The number of carbonyl (C=O) groups is 1. The Labute approximate surface area is 111 Å². The maximum absolute atomic E-state index is 10.8. The van der Waals surface area contributed by atoms with E-state index in [4.69, 9.17) is 21.4 Å². The molecule has 0 heterocycles. The monoisotopic (exact) mass is 269 g/mol. The van der Waals surface area contributed by atoms with Crippen molar-refractivity contribution in [3.63, 3.8) is 0 Å². The van der Waals surface area contributed by atoms with Crippen LogP contribution in [-0.4, -0.2) is 30.8 Å². The van der Waals surface area contributed by atoms with Crippen LogP contribution in [0.3, 0.4) is 0 Å². The number of benzene rings is 1. The smallest absolute Gasteiger partial charge is 0.337 e. The summed E-state index contributed by atoms with van der Waals surface area (Å²) in [5.74, 6) is -0.242. The Hall–Kier alpha value is -1.26. The molecule has 1 fully saturated rings. The lowest BCUT2D eigenvalue weighted by Gasteiger charge is -2.08. The van der Waals surface area contributed by atoms with Crippen LogP contribution in [0.2, 0.25) is 5.02 Å². The largest absolute Gasteiger partial charge is 0.478 e. The molecule has 0 amide bonds. The van der Waals surface area contributed by atoms with Crippen LogP contribution in [0.1, 0.15) is 23.2 Å². The Morgan fingerprint density at radius 1 is 1.50 bits per heavy atom. The van der Waals surface area contributed by atoms with Crippen LogP contribution in [-0.2, 0) is 4.74 Å². The lowest BCUT2D eigenvalue weighted by atomic mass is 10.2. The fraction of sp³-hybridized carbons (Fsp3) is 0.462. The topological polar surface area (TPSA) is 58.6 Å². The Morgan fingerprint density at radius 2 is 2.28 bits per heavy atom. The Morgan fingerprint density at radius 3 is 2.89 bits per heavy atom. The highest BCUT2D eigenvalue weighted by Crippen LogP contribution is 2.28. The van der Waals surface area contributed by atoms with Gasteiger partial charge in [-0.05, 0) is 37.0 Å². The number of carboxylic acid groups (broad SMARTS) is 1. The summed E-state index contributed by atoms with van der Waals surface area (Å²) in [6.07, 6.45) is 2.58. The van der Waals surface area contributed by atoms with E-state index in [-0.39, 0.29) is 10.6 Å². The highest BCUT2D eigenvalue weighted by Gasteiger charge is 2.20. The normalized spacial score (nSPS) is 14.5. The second-order valence-electron chi connectivity index (χ2n) is 4.44. The van der Waals surface area contributed by atoms with E-state index in [0.717, 1.165) is 18.2 Å². The van der Waals surface area contributed by atoms with E-state index in [2.05, 4.69) is 5.32 Å². The summed E-state index contributed by atoms with van der Waals surface area (Å²) in [5.41, 5.74) is 0.923. The summed E-state index contributed by atoms with van der Waals surface area (Å²) >= 11 is 5.86. The maximum Gasteiger partial charge on any atom is 0.337 e. The van der Waals surface area contributed by atoms with Gasteiger partial charge in [0.05, 0.1) is 17.2 Å². The zero-order valence-corrected chi connectivity index (χ0v) is 10.7. The van der Waals surface area contributed by atoms with Crippen molar-refractivity contribution in [3.05, 3.63) is 28.8 Å². The van der Waals surface area contributed by atoms with Crippen LogP contribution in [0, 0.1) is 5.92 Å². The number of aromatic carboxylic acids is 1. The highest BCUT2D eigenvalue weighted by atomic mass is 35.5. The molecule has 1 aromatic carbocycles. The van der Waals surface area contributed by atoms with Crippen molar-refractivity contribution in [2.75, 3.05) is 25.1 Å². The van der Waals surface area contributed by atoms with Crippen molar-refractivity contribution in [3.8, 4) is 0 Å². The Kier molecular flexibility index (Phi) is 4.44. The van der Waals surface area contributed by atoms with E-state index in [1.807, 2.05) is 0 Å². The molecule has 0 spiro atoms. The zero-order valence-electron chi connectivity index (χ0n) is 9.99. The summed E-state index contributed by atoms with van der Waals surface area (Å²) in [5, 5.41) is 12.2. The molecule has 4 nitrogen and oxygen atoms in total. The molecule has 0 radical (unpaired) electrons. The Balaban J connectivity index is 1.74. The number of halogens is 1. The van der Waals surface area contributed by atoms with Crippen molar-refractivity contribution < 1.29 is 14.6 Å². The van der Waals surface area contributed by atoms with Gasteiger partial charge in [-0.3, -0.25) is 0 Å². The predicted molar refractivity (Wildman–Crippen MR) is 70.4 cm³/mol. The van der Waals surface area contributed by atoms with Crippen molar-refractivity contribution >= 4 is 23.3 Å². The van der Waals surface area contributed by atoms with Gasteiger partial charge in [0.2, 0.25) is 0 Å². The number of rotatable bonds is 7. The molecule has 0 aliphatic heterocycles. The molecule has 18 heavy (non-hydrogen) atoms. The lowest BCUT2D eigenvalue weighted by Crippen LogP contribution is -2.10. The van der Waals surface area contributed by atoms with Gasteiger partial charge in [0, 0.05) is 18.8 Å². The summed E-state index contributed by atoms with van der Waals surface area (Å²) in [6, 6.07) is 4.82. The van der Waals surface area contributed by atoms with Crippen LogP contribution >= 0.6 is 11.6 Å². The third-order valence-corrected chi connectivity index (χ3v) is 3.14. The van der Waals surface area contributed by atoms with Crippen LogP contribution in [0.15, 0.2) is 18.2 Å². The number of nitrogens with one attached hydrogen (secondary N) is 1. The molecular weight excluding hydrogens is 254 g/mol. The van der Waals surface area contributed by atoms with Crippen LogP contribution in [0.25, 0.3) is 0 Å². The minimum Gasteiger partial charge on any atom is -0.478 e. The number of carboxylic acids is 1. The first-order chi connectivity index (χ1) is 8.66. The van der Waals surface area contributed by atoms with Crippen molar-refractivity contribution in [1.29, 1.82) is 0 Å². The highest BCUT2D eigenvalue weighted by molar-refractivity contribution is 6.33. The van der Waals surface area contributed by atoms with E-state index in [9.17, 15) is 4.79 Å². The van der Waals surface area contributed by atoms with Gasteiger partial charge in [-0.2, -0.15) is 0 Å². The molecule has 0 bridgehead atoms. The summed E-state index contributed by atoms with van der Waals surface area (Å²) < 4.78 is 5.48. The molecule has 1 aliphatic carbocycles. The molecule has 1 aromatic rings. The van der Waals surface area contributed by atoms with Crippen LogP contribution < -0.4 is 5.32 Å². The molecule has 1 aliphatic rings. The Bertz CT molecular complexity index is 432. The average Bonchev–Trinajstić information content (AvgIpc) is 3.12. The van der Waals surface area contributed by atoms with Crippen molar-refractivity contribution in [2.45, 2.75) is 12.8 Å². The van der Waals surface area contributed by atoms with E-state index in [0.29, 0.717) is 13.2 Å². The van der Waals surface area contributed by atoms with Gasteiger partial charge < -0.3 is 15.2 Å². The van der Waals surface area contributed by atoms with Crippen LogP contribution in [0.5, 0.6) is 0 Å². The van der Waals surface area contributed by atoms with Gasteiger partial charge in [-0.1, -0.05) is 11.6 Å². The number of anilines is 1. The van der Waals surface area contributed by atoms with E-state index in [1.165, 1.54) is 18.9 Å². The van der Waals surface area contributed by atoms with E-state index >= 15 is 0 Å². The van der Waals surface area contributed by atoms with Crippen molar-refractivity contribution in [2.24, 2.45) is 5.92 Å². The predicted octanol–water partition coefficient (Wildman–Crippen LogP) is 2.88. The molecule has 5 heteroatoms. The molecule has 0 atom stereocenters. The van der Waals surface area contributed by atoms with Gasteiger partial charge in [0.15, 0.2) is 0 Å². The molecule has 2 rings (SSSR count). The molecule has 0 saturated heterocycles. The first-order valence-electron chi connectivity index (χ1n) is 6.01. The molecule has 0 aromatic heterocycles. The van der Waals surface area contributed by atoms with Gasteiger partial charge in [-0.25, -0.2) is 4.79 Å². The second kappa shape index (κ2) is 6.07. The number of hydrogen-bond acceptors (Lipinski definition) is 3. The third kappa shape index (κ3) is 3.89. The first kappa shape index (κ1) is 13.2. The fourth-order valence-corrected chi connectivity index (χ4v) is 1.86. The lowest BCUT2D eigenvalue weighted by molar-refractivity contribution is 0.0697. The number of hydrogen-bond donors (Lipinski definition) is 2. The molecule has 98 valence electrons. The van der Waals surface area contributed by atoms with Gasteiger partial charge in [-0.15, -0.1) is 0 Å². The fourth-order valence-electron chi connectivity index (χ4n) is 1.60. The third-order valence-electron chi connectivity index (χ3n) is 2.83. The summed E-state index contributed by atoms with van der Waals surface area (Å²) in [6.45, 7) is 2.19. The molecule has 2 N–H and O–H groups in total.